The monoisotopic (exact) mass is 554 g/mol. The number of methoxy groups -OCH3 is 1. The van der Waals surface area contributed by atoms with Crippen molar-refractivity contribution in [2.24, 2.45) is 17.8 Å². The topological polar surface area (TPSA) is 106 Å². The number of unbranched alkanes of at least 4 members (excludes halogenated alkanes) is 1. The molecule has 0 saturated carbocycles. The van der Waals surface area contributed by atoms with Crippen molar-refractivity contribution in [3.8, 4) is 5.75 Å². The highest BCUT2D eigenvalue weighted by Crippen LogP contribution is 2.59. The molecule has 40 heavy (non-hydrogen) atoms. The number of nitrogens with zero attached hydrogens (tertiary/aromatic N) is 2. The third-order valence-corrected chi connectivity index (χ3v) is 8.35. The molecule has 3 fully saturated rings. The zero-order valence-corrected chi connectivity index (χ0v) is 23.8. The van der Waals surface area contributed by atoms with Crippen molar-refractivity contribution in [1.29, 1.82) is 0 Å². The number of carbonyl (C=O) groups is 3. The van der Waals surface area contributed by atoms with E-state index in [9.17, 15) is 19.5 Å². The highest BCUT2D eigenvalue weighted by molar-refractivity contribution is 6.04. The number of hydrogen-bond donors (Lipinski definition) is 1. The molecule has 1 N–H and O–H groups in total. The first-order valence-electron chi connectivity index (χ1n) is 14.2. The summed E-state index contributed by atoms with van der Waals surface area (Å²) in [5.74, 6) is -1.97. The Hall–Kier alpha value is -3.17. The summed E-state index contributed by atoms with van der Waals surface area (Å²) in [5, 5.41) is 10.5. The molecule has 218 valence electrons. The minimum Gasteiger partial charge on any atom is -0.497 e. The lowest BCUT2D eigenvalue weighted by atomic mass is 9.70. The van der Waals surface area contributed by atoms with Crippen LogP contribution < -0.4 is 9.64 Å². The largest absolute Gasteiger partial charge is 0.497 e. The number of aliphatic hydroxyl groups excluding tert-OH is 1. The zero-order valence-electron chi connectivity index (χ0n) is 23.8. The summed E-state index contributed by atoms with van der Waals surface area (Å²) in [6, 6.07) is 5.49. The predicted molar refractivity (Wildman–Crippen MR) is 151 cm³/mol. The van der Waals surface area contributed by atoms with Gasteiger partial charge in [0.25, 0.3) is 5.91 Å². The lowest BCUT2D eigenvalue weighted by Gasteiger charge is -2.39. The molecule has 1 aromatic carbocycles. The van der Waals surface area contributed by atoms with Crippen LogP contribution in [0.4, 0.5) is 5.69 Å². The van der Waals surface area contributed by atoms with E-state index in [2.05, 4.69) is 13.2 Å². The second-order valence-corrected chi connectivity index (χ2v) is 11.3. The van der Waals surface area contributed by atoms with E-state index in [4.69, 9.17) is 14.2 Å². The van der Waals surface area contributed by atoms with Gasteiger partial charge in [-0.2, -0.15) is 0 Å². The molecule has 2 amide bonds. The van der Waals surface area contributed by atoms with Crippen LogP contribution in [0, 0.1) is 17.8 Å². The van der Waals surface area contributed by atoms with E-state index in [1.165, 1.54) is 4.90 Å². The van der Waals surface area contributed by atoms with Gasteiger partial charge in [-0.15, -0.1) is 13.2 Å². The number of benzene rings is 1. The maximum Gasteiger partial charge on any atom is 0.312 e. The molecule has 2 bridgehead atoms. The third-order valence-electron chi connectivity index (χ3n) is 8.35. The number of aliphatic hydroxyl groups is 1. The molecule has 3 aliphatic heterocycles. The standard InChI is InChI=1S/C31H42N2O7/c1-6-8-9-17-39-30(37)25-24-14-15-31(40-24)26(25)28(35)33(22(19-34)18-20(3)4)27(31)29(36)32(16-7-2)21-10-12-23(38-5)13-11-21/h6-7,10-13,20,22,24-27,34H,1-2,8-9,14-19H2,3-5H3/t22-,24+,25-,26+,27?,31?/m1/s1. The summed E-state index contributed by atoms with van der Waals surface area (Å²) >= 11 is 0. The van der Waals surface area contributed by atoms with E-state index in [1.807, 2.05) is 13.8 Å². The molecule has 9 heteroatoms. The van der Waals surface area contributed by atoms with Gasteiger partial charge < -0.3 is 29.1 Å². The molecule has 0 aromatic heterocycles. The summed E-state index contributed by atoms with van der Waals surface area (Å²) in [6.45, 7) is 11.7. The van der Waals surface area contributed by atoms with Crippen LogP contribution >= 0.6 is 0 Å². The highest BCUT2D eigenvalue weighted by atomic mass is 16.6. The highest BCUT2D eigenvalue weighted by Gasteiger charge is 2.75. The Morgan fingerprint density at radius 3 is 2.58 bits per heavy atom. The van der Waals surface area contributed by atoms with Crippen LogP contribution in [0.5, 0.6) is 5.75 Å². The minimum absolute atomic E-state index is 0.160. The van der Waals surface area contributed by atoms with E-state index < -0.39 is 41.6 Å². The fraction of sp³-hybridized carbons (Fsp3) is 0.581. The summed E-state index contributed by atoms with van der Waals surface area (Å²) in [7, 11) is 1.57. The van der Waals surface area contributed by atoms with Crippen molar-refractivity contribution >= 4 is 23.5 Å². The van der Waals surface area contributed by atoms with Crippen molar-refractivity contribution in [3.05, 3.63) is 49.6 Å². The number of esters is 1. The molecule has 2 unspecified atom stereocenters. The Kier molecular flexibility index (Phi) is 9.36. The van der Waals surface area contributed by atoms with Crippen LogP contribution in [0.1, 0.15) is 46.0 Å². The summed E-state index contributed by atoms with van der Waals surface area (Å²) in [4.78, 5) is 45.3. The van der Waals surface area contributed by atoms with Gasteiger partial charge in [-0.1, -0.05) is 26.0 Å². The number of ether oxygens (including phenoxy) is 3. The number of amides is 2. The van der Waals surface area contributed by atoms with Crippen molar-refractivity contribution < 1.29 is 33.7 Å². The van der Waals surface area contributed by atoms with E-state index in [0.29, 0.717) is 43.5 Å². The second kappa shape index (κ2) is 12.6. The SMILES string of the molecule is C=CCCCOC(=O)[C@@H]1[C@@H]2CCC3(O2)C(C(=O)N(CC=C)c2ccc(OC)cc2)N([C@@H](CO)CC(C)C)C(=O)[C@H]13. The van der Waals surface area contributed by atoms with Gasteiger partial charge in [-0.3, -0.25) is 14.4 Å². The summed E-state index contributed by atoms with van der Waals surface area (Å²) in [5.41, 5.74) is -0.562. The molecular formula is C31H42N2O7. The number of rotatable bonds is 14. The van der Waals surface area contributed by atoms with Crippen molar-refractivity contribution in [2.75, 3.05) is 31.8 Å². The van der Waals surface area contributed by atoms with Crippen LogP contribution in [0.25, 0.3) is 0 Å². The van der Waals surface area contributed by atoms with Crippen LogP contribution in [0.3, 0.4) is 0 Å². The van der Waals surface area contributed by atoms with Gasteiger partial charge >= 0.3 is 5.97 Å². The van der Waals surface area contributed by atoms with Crippen molar-refractivity contribution in [2.45, 2.75) is 69.7 Å². The smallest absolute Gasteiger partial charge is 0.312 e. The summed E-state index contributed by atoms with van der Waals surface area (Å²) < 4.78 is 17.4. The lowest BCUT2D eigenvalue weighted by molar-refractivity contribution is -0.156. The predicted octanol–water partition coefficient (Wildman–Crippen LogP) is 3.51. The number of likely N-dealkylation sites (tertiary alicyclic amines) is 1. The normalized spacial score (nSPS) is 27.4. The molecule has 6 atom stereocenters. The first-order valence-corrected chi connectivity index (χ1v) is 14.2. The Bertz CT molecular complexity index is 1100. The lowest BCUT2D eigenvalue weighted by Crippen LogP contribution is -2.59. The second-order valence-electron chi connectivity index (χ2n) is 11.3. The Morgan fingerprint density at radius 2 is 1.98 bits per heavy atom. The molecule has 4 rings (SSSR count). The molecule has 9 nitrogen and oxygen atoms in total. The summed E-state index contributed by atoms with van der Waals surface area (Å²) in [6.07, 6.45) is 5.77. The zero-order chi connectivity index (χ0) is 29.0. The van der Waals surface area contributed by atoms with Gasteiger partial charge in [0.15, 0.2) is 0 Å². The van der Waals surface area contributed by atoms with Gasteiger partial charge in [0.1, 0.15) is 17.4 Å². The number of allylic oxidation sites excluding steroid dienone is 1. The van der Waals surface area contributed by atoms with Crippen molar-refractivity contribution in [3.63, 3.8) is 0 Å². The number of carbonyl (C=O) groups excluding carboxylic acids is 3. The molecule has 1 spiro atoms. The maximum atomic E-state index is 14.6. The number of hydrogen-bond acceptors (Lipinski definition) is 7. The van der Waals surface area contributed by atoms with Gasteiger partial charge in [-0.25, -0.2) is 0 Å². The van der Waals surface area contributed by atoms with Crippen LogP contribution in [0.2, 0.25) is 0 Å². The molecule has 0 radical (unpaired) electrons. The van der Waals surface area contributed by atoms with Gasteiger partial charge in [-0.05, 0) is 62.3 Å². The fourth-order valence-electron chi connectivity index (χ4n) is 6.71. The van der Waals surface area contributed by atoms with E-state index in [-0.39, 0.29) is 37.5 Å². The van der Waals surface area contributed by atoms with E-state index in [0.717, 1.165) is 0 Å². The van der Waals surface area contributed by atoms with Crippen LogP contribution in [0.15, 0.2) is 49.6 Å². The number of anilines is 1. The maximum absolute atomic E-state index is 14.6. The molecule has 3 heterocycles. The first-order chi connectivity index (χ1) is 19.2. The van der Waals surface area contributed by atoms with Crippen molar-refractivity contribution in [1.82, 2.24) is 4.90 Å². The van der Waals surface area contributed by atoms with Gasteiger partial charge in [0.2, 0.25) is 5.91 Å². The third kappa shape index (κ3) is 5.29. The average Bonchev–Trinajstić information content (AvgIpc) is 3.59. The molecular weight excluding hydrogens is 512 g/mol. The van der Waals surface area contributed by atoms with Gasteiger partial charge in [0.05, 0.1) is 44.3 Å². The Labute approximate surface area is 236 Å². The minimum atomic E-state index is -1.18. The van der Waals surface area contributed by atoms with E-state index in [1.54, 1.807) is 48.4 Å². The van der Waals surface area contributed by atoms with Crippen LogP contribution in [-0.4, -0.2) is 78.4 Å². The quantitative estimate of drug-likeness (QED) is 0.213. The molecule has 3 saturated heterocycles. The Morgan fingerprint density at radius 1 is 1.25 bits per heavy atom. The number of fused-ring (bicyclic) bond motifs is 1. The van der Waals surface area contributed by atoms with E-state index >= 15 is 0 Å². The molecule has 1 aromatic rings. The molecule has 0 aliphatic carbocycles. The van der Waals surface area contributed by atoms with Gasteiger partial charge in [0, 0.05) is 12.2 Å². The fourth-order valence-corrected chi connectivity index (χ4v) is 6.71. The van der Waals surface area contributed by atoms with Crippen LogP contribution in [-0.2, 0) is 23.9 Å². The Balaban J connectivity index is 1.74. The molecule has 3 aliphatic rings. The first kappa shape index (κ1) is 29.8. The average molecular weight is 555 g/mol.